The van der Waals surface area contributed by atoms with E-state index in [2.05, 4.69) is 36.6 Å². The summed E-state index contributed by atoms with van der Waals surface area (Å²) in [5.41, 5.74) is 5.48. The third kappa shape index (κ3) is 2.95. The Morgan fingerprint density at radius 3 is 2.48 bits per heavy atom. The maximum absolute atomic E-state index is 9.20. The zero-order chi connectivity index (χ0) is 16.6. The lowest BCUT2D eigenvalue weighted by atomic mass is 10.1. The van der Waals surface area contributed by atoms with E-state index < -0.39 is 0 Å². The molecule has 3 nitrogen and oxygen atoms in total. The summed E-state index contributed by atoms with van der Waals surface area (Å²) in [5, 5.41) is 9.90. The summed E-state index contributed by atoms with van der Waals surface area (Å²) >= 11 is 6.00. The van der Waals surface area contributed by atoms with E-state index in [1.165, 1.54) is 11.1 Å². The minimum Gasteiger partial charge on any atom is -0.323 e. The molecule has 0 N–H and O–H groups in total. The largest absolute Gasteiger partial charge is 0.323 e. The highest BCUT2D eigenvalue weighted by Gasteiger charge is 2.15. The molecule has 0 saturated heterocycles. The molecule has 2 aromatic carbocycles. The molecule has 0 aliphatic rings. The van der Waals surface area contributed by atoms with Crippen LogP contribution in [0.4, 0.5) is 0 Å². The van der Waals surface area contributed by atoms with Gasteiger partial charge in [0.05, 0.1) is 23.0 Å². The van der Waals surface area contributed by atoms with Crippen molar-refractivity contribution in [1.29, 1.82) is 5.26 Å². The van der Waals surface area contributed by atoms with E-state index in [0.29, 0.717) is 11.6 Å². The van der Waals surface area contributed by atoms with Gasteiger partial charge in [0, 0.05) is 17.1 Å². The maximum Gasteiger partial charge on any atom is 0.141 e. The van der Waals surface area contributed by atoms with E-state index in [4.69, 9.17) is 16.6 Å². The Morgan fingerprint density at radius 1 is 1.17 bits per heavy atom. The van der Waals surface area contributed by atoms with E-state index >= 15 is 0 Å². The van der Waals surface area contributed by atoms with Crippen molar-refractivity contribution in [1.82, 2.24) is 9.55 Å². The lowest BCUT2D eigenvalue weighted by Crippen LogP contribution is -2.07. The van der Waals surface area contributed by atoms with Gasteiger partial charge in [0.15, 0.2) is 0 Å². The second-order valence-corrected chi connectivity index (χ2v) is 6.44. The van der Waals surface area contributed by atoms with Gasteiger partial charge in [-0.25, -0.2) is 4.98 Å². The Morgan fingerprint density at radius 2 is 1.83 bits per heavy atom. The summed E-state index contributed by atoms with van der Waals surface area (Å²) in [5.74, 6) is 0.795. The van der Waals surface area contributed by atoms with Crippen molar-refractivity contribution < 1.29 is 0 Å². The fourth-order valence-corrected chi connectivity index (χ4v) is 2.82. The van der Waals surface area contributed by atoms with Gasteiger partial charge in [-0.05, 0) is 68.3 Å². The van der Waals surface area contributed by atoms with E-state index in [-0.39, 0.29) is 5.92 Å². The number of halogens is 1. The van der Waals surface area contributed by atoms with E-state index in [9.17, 15) is 5.26 Å². The number of aromatic nitrogens is 2. The first-order valence-electron chi connectivity index (χ1n) is 7.62. The van der Waals surface area contributed by atoms with Crippen LogP contribution in [0.1, 0.15) is 18.1 Å². The second-order valence-electron chi connectivity index (χ2n) is 6.01. The number of nitriles is 1. The molecule has 0 aliphatic heterocycles. The molecule has 0 spiro atoms. The quantitative estimate of drug-likeness (QED) is 0.670. The molecule has 23 heavy (non-hydrogen) atoms. The molecule has 1 aromatic heterocycles. The summed E-state index contributed by atoms with van der Waals surface area (Å²) in [7, 11) is 0. The molecule has 116 valence electrons. The zero-order valence-corrected chi connectivity index (χ0v) is 14.2. The van der Waals surface area contributed by atoms with Gasteiger partial charge in [-0.15, -0.1) is 0 Å². The Kier molecular flexibility index (Phi) is 4.11. The summed E-state index contributed by atoms with van der Waals surface area (Å²) in [6.07, 6.45) is 0. The van der Waals surface area contributed by atoms with Crippen LogP contribution < -0.4 is 0 Å². The summed E-state index contributed by atoms with van der Waals surface area (Å²) < 4.78 is 2.14. The van der Waals surface area contributed by atoms with Gasteiger partial charge >= 0.3 is 0 Å². The SMILES string of the molecule is Cc1cc2nc(-c3ccc(Cl)cc3)n(CC(C)C#N)c2cc1C. The lowest BCUT2D eigenvalue weighted by molar-refractivity contribution is 0.597. The highest BCUT2D eigenvalue weighted by atomic mass is 35.5. The van der Waals surface area contributed by atoms with Crippen LogP contribution in [0.5, 0.6) is 0 Å². The summed E-state index contributed by atoms with van der Waals surface area (Å²) in [6.45, 7) is 6.74. The first-order chi connectivity index (χ1) is 11.0. The van der Waals surface area contributed by atoms with Crippen LogP contribution in [-0.2, 0) is 6.54 Å². The van der Waals surface area contributed by atoms with Gasteiger partial charge in [0.2, 0.25) is 0 Å². The number of aryl methyl sites for hydroxylation is 2. The molecule has 3 aromatic rings. The number of benzene rings is 2. The number of nitrogens with zero attached hydrogens (tertiary/aromatic N) is 3. The second kappa shape index (κ2) is 6.06. The molecule has 1 unspecified atom stereocenters. The average Bonchev–Trinajstić information content (AvgIpc) is 2.86. The number of hydrogen-bond acceptors (Lipinski definition) is 2. The number of fused-ring (bicyclic) bond motifs is 1. The van der Waals surface area contributed by atoms with Crippen LogP contribution in [-0.4, -0.2) is 9.55 Å². The van der Waals surface area contributed by atoms with Crippen molar-refractivity contribution in [3.63, 3.8) is 0 Å². The lowest BCUT2D eigenvalue weighted by Gasteiger charge is -2.11. The molecule has 0 fully saturated rings. The Hall–Kier alpha value is -2.31. The van der Waals surface area contributed by atoms with Crippen molar-refractivity contribution in [2.75, 3.05) is 0 Å². The van der Waals surface area contributed by atoms with Crippen molar-refractivity contribution in [2.24, 2.45) is 5.92 Å². The highest BCUT2D eigenvalue weighted by molar-refractivity contribution is 6.30. The molecule has 0 radical (unpaired) electrons. The number of imidazole rings is 1. The third-order valence-electron chi connectivity index (χ3n) is 4.14. The predicted molar refractivity (Wildman–Crippen MR) is 94.4 cm³/mol. The normalized spacial score (nSPS) is 12.3. The molecule has 0 saturated carbocycles. The average molecular weight is 324 g/mol. The first kappa shape index (κ1) is 15.6. The molecule has 1 atom stereocenters. The fourth-order valence-electron chi connectivity index (χ4n) is 2.70. The maximum atomic E-state index is 9.20. The number of rotatable bonds is 3. The molecule has 3 rings (SSSR count). The third-order valence-corrected chi connectivity index (χ3v) is 4.39. The smallest absolute Gasteiger partial charge is 0.141 e. The molecule has 1 heterocycles. The topological polar surface area (TPSA) is 41.6 Å². The first-order valence-corrected chi connectivity index (χ1v) is 8.00. The molecule has 0 bridgehead atoms. The highest BCUT2D eigenvalue weighted by Crippen LogP contribution is 2.28. The molecular formula is C19H18ClN3. The van der Waals surface area contributed by atoms with Crippen molar-refractivity contribution >= 4 is 22.6 Å². The zero-order valence-electron chi connectivity index (χ0n) is 13.5. The van der Waals surface area contributed by atoms with Crippen molar-refractivity contribution in [3.8, 4) is 17.5 Å². The van der Waals surface area contributed by atoms with E-state index in [0.717, 1.165) is 22.4 Å². The van der Waals surface area contributed by atoms with Gasteiger partial charge in [-0.3, -0.25) is 0 Å². The fraction of sp³-hybridized carbons (Fsp3) is 0.263. The minimum absolute atomic E-state index is 0.0833. The van der Waals surface area contributed by atoms with Crippen molar-refractivity contribution in [3.05, 3.63) is 52.5 Å². The standard InChI is InChI=1S/C19H18ClN3/c1-12(10-21)11-23-18-9-14(3)13(2)8-17(18)22-19(23)15-4-6-16(20)7-5-15/h4-9,12H,11H2,1-3H3. The van der Waals surface area contributed by atoms with Gasteiger partial charge in [0.1, 0.15) is 5.82 Å². The van der Waals surface area contributed by atoms with Gasteiger partial charge < -0.3 is 4.57 Å². The van der Waals surface area contributed by atoms with Gasteiger partial charge in [0.25, 0.3) is 0 Å². The summed E-state index contributed by atoms with van der Waals surface area (Å²) in [4.78, 5) is 4.81. The molecule has 4 heteroatoms. The monoisotopic (exact) mass is 323 g/mol. The van der Waals surface area contributed by atoms with Crippen LogP contribution in [0.3, 0.4) is 0 Å². The van der Waals surface area contributed by atoms with Crippen LogP contribution in [0.2, 0.25) is 5.02 Å². The van der Waals surface area contributed by atoms with Gasteiger partial charge in [-0.2, -0.15) is 5.26 Å². The Bertz CT molecular complexity index is 901. The van der Waals surface area contributed by atoms with E-state index in [1.807, 2.05) is 31.2 Å². The number of hydrogen-bond donors (Lipinski definition) is 0. The Balaban J connectivity index is 2.25. The Labute approximate surface area is 141 Å². The summed E-state index contributed by atoms with van der Waals surface area (Å²) in [6, 6.07) is 14.2. The van der Waals surface area contributed by atoms with E-state index in [1.54, 1.807) is 0 Å². The predicted octanol–water partition coefficient (Wildman–Crippen LogP) is 5.13. The minimum atomic E-state index is -0.0833. The van der Waals surface area contributed by atoms with Crippen molar-refractivity contribution in [2.45, 2.75) is 27.3 Å². The molecule has 0 aliphatic carbocycles. The van der Waals surface area contributed by atoms with Crippen LogP contribution in [0.15, 0.2) is 36.4 Å². The molecule has 0 amide bonds. The van der Waals surface area contributed by atoms with Gasteiger partial charge in [-0.1, -0.05) is 11.6 Å². The van der Waals surface area contributed by atoms with Crippen LogP contribution >= 0.6 is 11.6 Å². The molecular weight excluding hydrogens is 306 g/mol. The van der Waals surface area contributed by atoms with Crippen LogP contribution in [0.25, 0.3) is 22.4 Å². The van der Waals surface area contributed by atoms with Crippen LogP contribution in [0, 0.1) is 31.1 Å².